The summed E-state index contributed by atoms with van der Waals surface area (Å²) in [5, 5.41) is 2.92. The van der Waals surface area contributed by atoms with Crippen molar-refractivity contribution in [3.8, 4) is 5.75 Å². The first-order valence-electron chi connectivity index (χ1n) is 8.10. The van der Waals surface area contributed by atoms with Crippen LogP contribution in [0, 0.1) is 0 Å². The van der Waals surface area contributed by atoms with E-state index in [2.05, 4.69) is 24.4 Å². The number of carbonyl (C=O) groups is 1. The summed E-state index contributed by atoms with van der Waals surface area (Å²) in [5.41, 5.74) is 3.30. The molecule has 24 heavy (non-hydrogen) atoms. The molecule has 1 aliphatic heterocycles. The Balaban J connectivity index is 1.52. The second-order valence-corrected chi connectivity index (χ2v) is 8.21. The van der Waals surface area contributed by atoms with E-state index in [0.29, 0.717) is 4.58 Å². The normalized spacial score (nSPS) is 14.5. The Hall–Kier alpha value is -1.59. The number of rotatable bonds is 6. The maximum atomic E-state index is 12.1. The van der Waals surface area contributed by atoms with E-state index in [9.17, 15) is 4.79 Å². The Morgan fingerprint density at radius 2 is 1.83 bits per heavy atom. The highest BCUT2D eigenvalue weighted by Crippen LogP contribution is 2.45. The van der Waals surface area contributed by atoms with Crippen molar-refractivity contribution < 1.29 is 9.53 Å². The molecule has 3 rings (SSSR count). The topological polar surface area (TPSA) is 38.3 Å². The van der Waals surface area contributed by atoms with Gasteiger partial charge in [0.05, 0.1) is 4.58 Å². The van der Waals surface area contributed by atoms with E-state index in [4.69, 9.17) is 4.74 Å². The molecule has 3 nitrogen and oxygen atoms in total. The number of benzene rings is 2. The zero-order chi connectivity index (χ0) is 16.8. The minimum atomic E-state index is -0.137. The molecule has 0 saturated carbocycles. The number of hydrogen-bond donors (Lipinski definition) is 1. The van der Waals surface area contributed by atoms with E-state index in [-0.39, 0.29) is 12.5 Å². The fourth-order valence-corrected chi connectivity index (χ4v) is 5.42. The van der Waals surface area contributed by atoms with Crippen LogP contribution in [0.25, 0.3) is 0 Å². The second kappa shape index (κ2) is 8.49. The molecular weight excluding hydrogens is 338 g/mol. The predicted octanol–water partition coefficient (Wildman–Crippen LogP) is 4.75. The first kappa shape index (κ1) is 17.2. The highest BCUT2D eigenvalue weighted by molar-refractivity contribution is 8.19. The number of ether oxygens (including phenoxy) is 1. The van der Waals surface area contributed by atoms with Crippen LogP contribution in [-0.4, -0.2) is 24.0 Å². The Labute approximate surface area is 151 Å². The van der Waals surface area contributed by atoms with Crippen molar-refractivity contribution in [1.82, 2.24) is 0 Å². The fourth-order valence-electron chi connectivity index (χ4n) is 2.56. The molecule has 126 valence electrons. The Bertz CT molecular complexity index is 682. The van der Waals surface area contributed by atoms with Crippen LogP contribution in [-0.2, 0) is 11.2 Å². The Morgan fingerprint density at radius 3 is 2.54 bits per heavy atom. The number of carbonyl (C=O) groups excluding carboxylic acids is 1. The summed E-state index contributed by atoms with van der Waals surface area (Å²) in [6, 6.07) is 15.9. The molecule has 5 heteroatoms. The summed E-state index contributed by atoms with van der Waals surface area (Å²) < 4.78 is 6.14. The van der Waals surface area contributed by atoms with Gasteiger partial charge in [0.1, 0.15) is 5.75 Å². The van der Waals surface area contributed by atoms with E-state index in [0.717, 1.165) is 23.4 Å². The molecule has 0 aliphatic carbocycles. The lowest BCUT2D eigenvalue weighted by Crippen LogP contribution is -2.20. The van der Waals surface area contributed by atoms with Crippen LogP contribution in [0.5, 0.6) is 5.75 Å². The summed E-state index contributed by atoms with van der Waals surface area (Å²) in [4.78, 5) is 12.1. The van der Waals surface area contributed by atoms with Gasteiger partial charge >= 0.3 is 0 Å². The number of anilines is 1. The van der Waals surface area contributed by atoms with E-state index >= 15 is 0 Å². The number of nitrogens with one attached hydrogen (secondary N) is 1. The number of para-hydroxylation sites is 1. The Kier molecular flexibility index (Phi) is 6.10. The molecule has 0 bridgehead atoms. The molecule has 1 heterocycles. The quantitative estimate of drug-likeness (QED) is 0.808. The number of hydrogen-bond acceptors (Lipinski definition) is 4. The van der Waals surface area contributed by atoms with Gasteiger partial charge in [-0.1, -0.05) is 37.3 Å². The average molecular weight is 360 g/mol. The highest BCUT2D eigenvalue weighted by Gasteiger charge is 2.18. The van der Waals surface area contributed by atoms with Crippen LogP contribution in [0.3, 0.4) is 0 Å². The first-order chi connectivity index (χ1) is 11.8. The largest absolute Gasteiger partial charge is 0.484 e. The third-order valence-electron chi connectivity index (χ3n) is 3.82. The molecule has 1 saturated heterocycles. The number of thioether (sulfide) groups is 2. The SMILES string of the molecule is CCc1ccccc1NC(=O)COc1ccc(C2SCCS2)cc1. The molecule has 0 unspecified atom stereocenters. The molecule has 0 aromatic heterocycles. The summed E-state index contributed by atoms with van der Waals surface area (Å²) in [7, 11) is 0. The van der Waals surface area contributed by atoms with Crippen molar-refractivity contribution in [1.29, 1.82) is 0 Å². The summed E-state index contributed by atoms with van der Waals surface area (Å²) in [6.07, 6.45) is 0.885. The van der Waals surface area contributed by atoms with Crippen LogP contribution in [0.2, 0.25) is 0 Å². The van der Waals surface area contributed by atoms with Crippen molar-refractivity contribution in [2.45, 2.75) is 17.9 Å². The molecule has 1 amide bonds. The van der Waals surface area contributed by atoms with Crippen LogP contribution < -0.4 is 10.1 Å². The monoisotopic (exact) mass is 359 g/mol. The van der Waals surface area contributed by atoms with Gasteiger partial charge < -0.3 is 10.1 Å². The van der Waals surface area contributed by atoms with E-state index in [1.807, 2.05) is 59.9 Å². The predicted molar refractivity (Wildman–Crippen MR) is 104 cm³/mol. The van der Waals surface area contributed by atoms with E-state index in [1.54, 1.807) is 0 Å². The third kappa shape index (κ3) is 4.48. The minimum Gasteiger partial charge on any atom is -0.484 e. The van der Waals surface area contributed by atoms with Gasteiger partial charge in [-0.05, 0) is 35.7 Å². The third-order valence-corrected chi connectivity index (χ3v) is 6.92. The lowest BCUT2D eigenvalue weighted by molar-refractivity contribution is -0.118. The van der Waals surface area contributed by atoms with E-state index < -0.39 is 0 Å². The number of aryl methyl sites for hydroxylation is 1. The Morgan fingerprint density at radius 1 is 1.12 bits per heavy atom. The molecular formula is C19H21NO2S2. The van der Waals surface area contributed by atoms with Crippen molar-refractivity contribution in [2.24, 2.45) is 0 Å². The summed E-state index contributed by atoms with van der Waals surface area (Å²) in [5.74, 6) is 3.02. The van der Waals surface area contributed by atoms with Gasteiger partial charge in [-0.15, -0.1) is 23.5 Å². The van der Waals surface area contributed by atoms with Gasteiger partial charge in [-0.3, -0.25) is 4.79 Å². The first-order valence-corrected chi connectivity index (χ1v) is 10.2. The molecule has 2 aromatic rings. The molecule has 0 spiro atoms. The van der Waals surface area contributed by atoms with Gasteiger partial charge in [-0.2, -0.15) is 0 Å². The van der Waals surface area contributed by atoms with Crippen molar-refractivity contribution in [3.05, 3.63) is 59.7 Å². The maximum absolute atomic E-state index is 12.1. The van der Waals surface area contributed by atoms with Gasteiger partial charge in [0.25, 0.3) is 5.91 Å². The minimum absolute atomic E-state index is 0.0182. The van der Waals surface area contributed by atoms with Gasteiger partial charge in [0.15, 0.2) is 6.61 Å². The molecule has 1 aliphatic rings. The zero-order valence-electron chi connectivity index (χ0n) is 13.7. The summed E-state index contributed by atoms with van der Waals surface area (Å²) >= 11 is 3.96. The molecule has 1 fully saturated rings. The molecule has 0 atom stereocenters. The molecule has 1 N–H and O–H groups in total. The maximum Gasteiger partial charge on any atom is 0.262 e. The van der Waals surface area contributed by atoms with Crippen LogP contribution >= 0.6 is 23.5 Å². The van der Waals surface area contributed by atoms with Crippen LogP contribution in [0.15, 0.2) is 48.5 Å². The van der Waals surface area contributed by atoms with Crippen LogP contribution in [0.1, 0.15) is 22.6 Å². The molecule has 0 radical (unpaired) electrons. The zero-order valence-corrected chi connectivity index (χ0v) is 15.3. The lowest BCUT2D eigenvalue weighted by atomic mass is 10.1. The average Bonchev–Trinajstić information content (AvgIpc) is 3.15. The van der Waals surface area contributed by atoms with Crippen molar-refractivity contribution in [2.75, 3.05) is 23.4 Å². The van der Waals surface area contributed by atoms with Gasteiger partial charge in [0, 0.05) is 17.2 Å². The van der Waals surface area contributed by atoms with Crippen molar-refractivity contribution in [3.63, 3.8) is 0 Å². The van der Waals surface area contributed by atoms with Gasteiger partial charge in [0.2, 0.25) is 0 Å². The smallest absolute Gasteiger partial charge is 0.262 e. The van der Waals surface area contributed by atoms with Crippen molar-refractivity contribution >= 4 is 35.1 Å². The van der Waals surface area contributed by atoms with Crippen LogP contribution in [0.4, 0.5) is 5.69 Å². The summed E-state index contributed by atoms with van der Waals surface area (Å²) in [6.45, 7) is 2.09. The fraction of sp³-hybridized carbons (Fsp3) is 0.316. The second-order valence-electron chi connectivity index (χ2n) is 5.49. The number of amides is 1. The van der Waals surface area contributed by atoms with E-state index in [1.165, 1.54) is 17.1 Å². The lowest BCUT2D eigenvalue weighted by Gasteiger charge is -2.12. The standard InChI is InChI=1S/C19H21NO2S2/c1-2-14-5-3-4-6-17(14)20-18(21)13-22-16-9-7-15(8-10-16)19-23-11-12-24-19/h3-10,19H,2,11-13H2,1H3,(H,20,21). The molecule has 2 aromatic carbocycles. The highest BCUT2D eigenvalue weighted by atomic mass is 32.2. The van der Waals surface area contributed by atoms with Gasteiger partial charge in [-0.25, -0.2) is 0 Å².